The fourth-order valence-corrected chi connectivity index (χ4v) is 2.85. The lowest BCUT2D eigenvalue weighted by atomic mass is 10.2. The van der Waals surface area contributed by atoms with Gasteiger partial charge in [-0.2, -0.15) is 0 Å². The third-order valence-electron chi connectivity index (χ3n) is 3.97. The molecule has 3 rings (SSSR count). The topological polar surface area (TPSA) is 51.1 Å². The molecule has 0 aliphatic carbocycles. The molecule has 0 atom stereocenters. The van der Waals surface area contributed by atoms with Gasteiger partial charge < -0.3 is 9.88 Å². The smallest absolute Gasteiger partial charge is 0.257 e. The zero-order valence-corrected chi connectivity index (χ0v) is 15.5. The summed E-state index contributed by atoms with van der Waals surface area (Å²) < 4.78 is 1.46. The van der Waals surface area contributed by atoms with Crippen LogP contribution in [0.3, 0.4) is 0 Å². The molecule has 0 aliphatic rings. The third-order valence-corrected chi connectivity index (χ3v) is 4.75. The van der Waals surface area contributed by atoms with Gasteiger partial charge in [-0.25, -0.2) is 0 Å². The Hall–Kier alpha value is -2.56. The third kappa shape index (κ3) is 4.15. The quantitative estimate of drug-likeness (QED) is 0.702. The van der Waals surface area contributed by atoms with Crippen LogP contribution in [0.25, 0.3) is 0 Å². The van der Waals surface area contributed by atoms with Crippen molar-refractivity contribution in [3.05, 3.63) is 97.9 Å². The van der Waals surface area contributed by atoms with E-state index in [0.29, 0.717) is 21.3 Å². The van der Waals surface area contributed by atoms with Crippen LogP contribution >= 0.6 is 23.2 Å². The van der Waals surface area contributed by atoms with Crippen molar-refractivity contribution in [1.29, 1.82) is 0 Å². The van der Waals surface area contributed by atoms with Crippen LogP contribution in [0.4, 0.5) is 5.69 Å². The lowest BCUT2D eigenvalue weighted by Crippen LogP contribution is -2.22. The number of rotatable bonds is 4. The largest absolute Gasteiger partial charge is 0.322 e. The molecule has 1 N–H and O–H groups in total. The first-order valence-corrected chi connectivity index (χ1v) is 8.71. The van der Waals surface area contributed by atoms with Crippen LogP contribution in [0.15, 0.2) is 65.6 Å². The molecule has 1 aromatic heterocycles. The van der Waals surface area contributed by atoms with Gasteiger partial charge in [0.15, 0.2) is 0 Å². The van der Waals surface area contributed by atoms with Crippen LogP contribution < -0.4 is 10.9 Å². The number of benzene rings is 2. The van der Waals surface area contributed by atoms with Crippen molar-refractivity contribution >= 4 is 34.8 Å². The normalized spacial score (nSPS) is 10.6. The fourth-order valence-electron chi connectivity index (χ4n) is 2.47. The predicted molar refractivity (Wildman–Crippen MR) is 105 cm³/mol. The molecule has 132 valence electrons. The lowest BCUT2D eigenvalue weighted by Gasteiger charge is -2.10. The van der Waals surface area contributed by atoms with E-state index >= 15 is 0 Å². The highest BCUT2D eigenvalue weighted by atomic mass is 35.5. The molecule has 0 saturated carbocycles. The number of nitrogens with one attached hydrogen (secondary N) is 1. The van der Waals surface area contributed by atoms with Crippen molar-refractivity contribution in [3.63, 3.8) is 0 Å². The Balaban J connectivity index is 1.84. The van der Waals surface area contributed by atoms with Crippen molar-refractivity contribution in [2.24, 2.45) is 0 Å². The molecule has 0 bridgehead atoms. The summed E-state index contributed by atoms with van der Waals surface area (Å²) in [5.74, 6) is -0.321. The van der Waals surface area contributed by atoms with Gasteiger partial charge in [0.05, 0.1) is 12.1 Å². The van der Waals surface area contributed by atoms with Crippen molar-refractivity contribution in [2.75, 3.05) is 5.32 Å². The van der Waals surface area contributed by atoms with Gasteiger partial charge in [0.25, 0.3) is 11.5 Å². The van der Waals surface area contributed by atoms with Crippen molar-refractivity contribution in [2.45, 2.75) is 13.5 Å². The molecule has 0 radical (unpaired) electrons. The molecule has 0 saturated heterocycles. The second-order valence-corrected chi connectivity index (χ2v) is 6.71. The molecule has 0 fully saturated rings. The van der Waals surface area contributed by atoms with E-state index in [9.17, 15) is 9.59 Å². The molecule has 1 amide bonds. The summed E-state index contributed by atoms with van der Waals surface area (Å²) in [6.45, 7) is 2.18. The predicted octanol–water partition coefficient (Wildman–Crippen LogP) is 4.76. The molecule has 4 nitrogen and oxygen atoms in total. The molecule has 1 heterocycles. The van der Waals surface area contributed by atoms with Crippen molar-refractivity contribution < 1.29 is 4.79 Å². The van der Waals surface area contributed by atoms with E-state index in [2.05, 4.69) is 5.32 Å². The van der Waals surface area contributed by atoms with Crippen molar-refractivity contribution in [1.82, 2.24) is 4.57 Å². The number of pyridine rings is 1. The Kier molecular flexibility index (Phi) is 5.45. The first-order chi connectivity index (χ1) is 12.4. The summed E-state index contributed by atoms with van der Waals surface area (Å²) in [4.78, 5) is 24.6. The summed E-state index contributed by atoms with van der Waals surface area (Å²) >= 11 is 12.2. The Morgan fingerprint density at radius 1 is 1.04 bits per heavy atom. The average molecular weight is 387 g/mol. The maximum absolute atomic E-state index is 12.5. The Morgan fingerprint density at radius 3 is 2.54 bits per heavy atom. The van der Waals surface area contributed by atoms with Crippen LogP contribution in [-0.4, -0.2) is 10.5 Å². The molecule has 0 spiro atoms. The highest BCUT2D eigenvalue weighted by Gasteiger charge is 2.10. The molecule has 6 heteroatoms. The second kappa shape index (κ2) is 7.77. The number of carbonyl (C=O) groups excluding carboxylic acids is 1. The number of aromatic nitrogens is 1. The number of anilines is 1. The van der Waals surface area contributed by atoms with E-state index in [1.165, 1.54) is 22.9 Å². The minimum atomic E-state index is -0.321. The summed E-state index contributed by atoms with van der Waals surface area (Å²) in [5.41, 5.74) is 2.49. The zero-order chi connectivity index (χ0) is 18.7. The number of aryl methyl sites for hydroxylation is 1. The highest BCUT2D eigenvalue weighted by molar-refractivity contribution is 6.31. The molecule has 0 unspecified atom stereocenters. The van der Waals surface area contributed by atoms with Crippen molar-refractivity contribution in [3.8, 4) is 0 Å². The SMILES string of the molecule is Cc1ccc(NC(=O)c2ccc(=O)n(Cc3ccccc3Cl)c2)cc1Cl. The average Bonchev–Trinajstić information content (AvgIpc) is 2.62. The van der Waals surface area contributed by atoms with Gasteiger partial charge in [0, 0.05) is 28.0 Å². The number of nitrogens with zero attached hydrogens (tertiary/aromatic N) is 1. The van der Waals surface area contributed by atoms with Gasteiger partial charge in [-0.3, -0.25) is 9.59 Å². The van der Waals surface area contributed by atoms with Gasteiger partial charge in [0.1, 0.15) is 0 Å². The maximum atomic E-state index is 12.5. The van der Waals surface area contributed by atoms with E-state index in [0.717, 1.165) is 11.1 Å². The first-order valence-electron chi connectivity index (χ1n) is 7.95. The summed E-state index contributed by atoms with van der Waals surface area (Å²) in [6, 6.07) is 15.4. The minimum absolute atomic E-state index is 0.208. The lowest BCUT2D eigenvalue weighted by molar-refractivity contribution is 0.102. The van der Waals surface area contributed by atoms with Gasteiger partial charge in [-0.1, -0.05) is 47.5 Å². The van der Waals surface area contributed by atoms with E-state index in [-0.39, 0.29) is 18.0 Å². The van der Waals surface area contributed by atoms with Gasteiger partial charge in [0.2, 0.25) is 0 Å². The molecule has 3 aromatic rings. The molecule has 0 aliphatic heterocycles. The van der Waals surface area contributed by atoms with Crippen LogP contribution in [-0.2, 0) is 6.54 Å². The van der Waals surface area contributed by atoms with Crippen LogP contribution in [0.2, 0.25) is 10.0 Å². The van der Waals surface area contributed by atoms with E-state index in [4.69, 9.17) is 23.2 Å². The standard InChI is InChI=1S/C20H16Cl2N2O2/c1-13-6-8-16(10-18(13)22)23-20(26)15-7-9-19(25)24(12-15)11-14-4-2-3-5-17(14)21/h2-10,12H,11H2,1H3,(H,23,26). The number of carbonyl (C=O) groups is 1. The van der Waals surface area contributed by atoms with Crippen LogP contribution in [0, 0.1) is 6.92 Å². The fraction of sp³-hybridized carbons (Fsp3) is 0.100. The Labute approximate surface area is 161 Å². The molecule has 26 heavy (non-hydrogen) atoms. The summed E-state index contributed by atoms with van der Waals surface area (Å²) in [6.07, 6.45) is 1.52. The van der Waals surface area contributed by atoms with E-state index in [1.807, 2.05) is 31.2 Å². The zero-order valence-electron chi connectivity index (χ0n) is 14.0. The van der Waals surface area contributed by atoms with Gasteiger partial charge in [-0.05, 0) is 42.3 Å². The number of hydrogen-bond acceptors (Lipinski definition) is 2. The number of halogens is 2. The Morgan fingerprint density at radius 2 is 1.81 bits per heavy atom. The van der Waals surface area contributed by atoms with Crippen LogP contribution in [0.5, 0.6) is 0 Å². The van der Waals surface area contributed by atoms with Gasteiger partial charge in [-0.15, -0.1) is 0 Å². The maximum Gasteiger partial charge on any atom is 0.257 e. The minimum Gasteiger partial charge on any atom is -0.322 e. The van der Waals surface area contributed by atoms with E-state index in [1.54, 1.807) is 18.2 Å². The Bertz CT molecular complexity index is 1030. The molecule has 2 aromatic carbocycles. The second-order valence-electron chi connectivity index (χ2n) is 5.89. The monoisotopic (exact) mass is 386 g/mol. The summed E-state index contributed by atoms with van der Waals surface area (Å²) in [5, 5.41) is 3.93. The molecular weight excluding hydrogens is 371 g/mol. The number of hydrogen-bond donors (Lipinski definition) is 1. The summed E-state index contributed by atoms with van der Waals surface area (Å²) in [7, 11) is 0. The number of amides is 1. The van der Waals surface area contributed by atoms with E-state index < -0.39 is 0 Å². The van der Waals surface area contributed by atoms with Crippen LogP contribution in [0.1, 0.15) is 21.5 Å². The first kappa shape index (κ1) is 18.2. The molecular formula is C20H16Cl2N2O2. The van der Waals surface area contributed by atoms with Gasteiger partial charge >= 0.3 is 0 Å². The highest BCUT2D eigenvalue weighted by Crippen LogP contribution is 2.20.